The van der Waals surface area contributed by atoms with E-state index in [1.165, 1.54) is 5.56 Å². The number of likely N-dealkylation sites (N-methyl/N-ethyl adjacent to an activating group) is 1. The highest BCUT2D eigenvalue weighted by molar-refractivity contribution is 9.10. The molecular weight excluding hydrogens is 496 g/mol. The number of nitrogens with zero attached hydrogens (tertiary/aromatic N) is 2. The summed E-state index contributed by atoms with van der Waals surface area (Å²) in [4.78, 5) is 16.9. The maximum absolute atomic E-state index is 12.9. The van der Waals surface area contributed by atoms with Crippen molar-refractivity contribution < 1.29 is 18.7 Å². The Hall–Kier alpha value is -2.77. The molecule has 0 aliphatic heterocycles. The number of ether oxygens (including phenoxy) is 2. The van der Waals surface area contributed by atoms with Crippen LogP contribution in [-0.2, 0) is 19.5 Å². The second kappa shape index (κ2) is 12.1. The fraction of sp³-hybridized carbons (Fsp3) is 0.370. The number of halogens is 1. The predicted octanol–water partition coefficient (Wildman–Crippen LogP) is 5.78. The van der Waals surface area contributed by atoms with Crippen molar-refractivity contribution >= 4 is 21.8 Å². The maximum Gasteiger partial charge on any atom is 0.289 e. The van der Waals surface area contributed by atoms with Crippen LogP contribution in [0.1, 0.15) is 41.3 Å². The summed E-state index contributed by atoms with van der Waals surface area (Å²) in [5.41, 5.74) is 2.30. The van der Waals surface area contributed by atoms with Gasteiger partial charge in [0, 0.05) is 30.7 Å². The van der Waals surface area contributed by atoms with E-state index in [0.29, 0.717) is 42.8 Å². The van der Waals surface area contributed by atoms with Crippen molar-refractivity contribution in [2.45, 2.75) is 39.4 Å². The summed E-state index contributed by atoms with van der Waals surface area (Å²) in [5.74, 6) is 2.38. The number of carbonyl (C=O) groups is 1. The van der Waals surface area contributed by atoms with Crippen LogP contribution in [0.2, 0.25) is 0 Å². The molecule has 0 unspecified atom stereocenters. The van der Waals surface area contributed by atoms with E-state index in [9.17, 15) is 4.79 Å². The Balaban J connectivity index is 1.59. The molecule has 0 saturated heterocycles. The molecule has 0 spiro atoms. The molecule has 0 atom stereocenters. The molecule has 0 aliphatic carbocycles. The number of rotatable bonds is 11. The topological polar surface area (TPSA) is 55.2 Å². The zero-order valence-electron chi connectivity index (χ0n) is 20.5. The van der Waals surface area contributed by atoms with Crippen LogP contribution in [-0.4, -0.2) is 49.6 Å². The van der Waals surface area contributed by atoms with Crippen molar-refractivity contribution in [3.63, 3.8) is 0 Å². The van der Waals surface area contributed by atoms with Crippen molar-refractivity contribution in [1.82, 2.24) is 9.80 Å². The van der Waals surface area contributed by atoms with Crippen molar-refractivity contribution in [3.05, 3.63) is 81.7 Å². The molecule has 0 saturated carbocycles. The number of hydrogen-bond acceptors (Lipinski definition) is 5. The third kappa shape index (κ3) is 6.87. The fourth-order valence-corrected chi connectivity index (χ4v) is 3.91. The standard InChI is InChI=1S/C27H33BrN2O4/c1-19(2)30(17-21-6-9-22(28)10-7-21)18-23-11-13-25(34-23)27(31)29(3)15-14-20-8-12-24(32-4)26(16-20)33-5/h6-13,16,19H,14-15,17-18H2,1-5H3. The highest BCUT2D eigenvalue weighted by Gasteiger charge is 2.19. The third-order valence-electron chi connectivity index (χ3n) is 5.79. The van der Waals surface area contributed by atoms with Gasteiger partial charge in [-0.25, -0.2) is 0 Å². The molecule has 1 aromatic heterocycles. The van der Waals surface area contributed by atoms with E-state index in [2.05, 4.69) is 58.9 Å². The average molecular weight is 529 g/mol. The van der Waals surface area contributed by atoms with E-state index in [1.807, 2.05) is 24.3 Å². The minimum absolute atomic E-state index is 0.129. The van der Waals surface area contributed by atoms with Crippen molar-refractivity contribution in [2.75, 3.05) is 27.8 Å². The molecule has 3 aromatic rings. The lowest BCUT2D eigenvalue weighted by Crippen LogP contribution is -2.30. The summed E-state index contributed by atoms with van der Waals surface area (Å²) in [7, 11) is 5.02. The largest absolute Gasteiger partial charge is 0.493 e. The first-order chi connectivity index (χ1) is 16.3. The summed E-state index contributed by atoms with van der Waals surface area (Å²) < 4.78 is 17.7. The van der Waals surface area contributed by atoms with Gasteiger partial charge < -0.3 is 18.8 Å². The van der Waals surface area contributed by atoms with Crippen LogP contribution in [0.15, 0.2) is 63.5 Å². The first-order valence-corrected chi connectivity index (χ1v) is 12.1. The van der Waals surface area contributed by atoms with E-state index < -0.39 is 0 Å². The number of amides is 1. The van der Waals surface area contributed by atoms with Gasteiger partial charge in [-0.2, -0.15) is 0 Å². The van der Waals surface area contributed by atoms with Gasteiger partial charge in [-0.15, -0.1) is 0 Å². The van der Waals surface area contributed by atoms with Crippen LogP contribution in [0.25, 0.3) is 0 Å². The summed E-state index contributed by atoms with van der Waals surface area (Å²) in [6, 6.07) is 18.1. The van der Waals surface area contributed by atoms with Gasteiger partial charge in [-0.3, -0.25) is 9.69 Å². The third-order valence-corrected chi connectivity index (χ3v) is 6.32. The van der Waals surface area contributed by atoms with E-state index in [0.717, 1.165) is 22.3 Å². The number of hydrogen-bond donors (Lipinski definition) is 0. The van der Waals surface area contributed by atoms with Gasteiger partial charge in [0.2, 0.25) is 0 Å². The Labute approximate surface area is 210 Å². The summed E-state index contributed by atoms with van der Waals surface area (Å²) in [6.45, 7) is 6.33. The Kier molecular flexibility index (Phi) is 9.19. The fourth-order valence-electron chi connectivity index (χ4n) is 3.65. The predicted molar refractivity (Wildman–Crippen MR) is 137 cm³/mol. The van der Waals surface area contributed by atoms with Crippen LogP contribution in [0.4, 0.5) is 0 Å². The lowest BCUT2D eigenvalue weighted by Gasteiger charge is -2.25. The monoisotopic (exact) mass is 528 g/mol. The quantitative estimate of drug-likeness (QED) is 0.315. The second-order valence-electron chi connectivity index (χ2n) is 8.56. The first kappa shape index (κ1) is 25.8. The van der Waals surface area contributed by atoms with E-state index in [1.54, 1.807) is 32.2 Å². The highest BCUT2D eigenvalue weighted by atomic mass is 79.9. The minimum atomic E-state index is -0.129. The molecule has 34 heavy (non-hydrogen) atoms. The Morgan fingerprint density at radius 2 is 1.62 bits per heavy atom. The Morgan fingerprint density at radius 1 is 0.941 bits per heavy atom. The maximum atomic E-state index is 12.9. The molecule has 0 aliphatic rings. The lowest BCUT2D eigenvalue weighted by atomic mass is 10.1. The number of furan rings is 1. The molecule has 3 rings (SSSR count). The molecule has 1 heterocycles. The lowest BCUT2D eigenvalue weighted by molar-refractivity contribution is 0.0760. The highest BCUT2D eigenvalue weighted by Crippen LogP contribution is 2.27. The number of benzene rings is 2. The molecule has 6 nitrogen and oxygen atoms in total. The van der Waals surface area contributed by atoms with E-state index in [-0.39, 0.29) is 5.91 Å². The summed E-state index contributed by atoms with van der Waals surface area (Å²) in [6.07, 6.45) is 0.699. The van der Waals surface area contributed by atoms with Gasteiger partial charge in [0.1, 0.15) is 5.76 Å². The Bertz CT molecular complexity index is 1080. The molecule has 182 valence electrons. The van der Waals surface area contributed by atoms with Crippen molar-refractivity contribution in [2.24, 2.45) is 0 Å². The number of carbonyl (C=O) groups excluding carboxylic acids is 1. The van der Waals surface area contributed by atoms with Crippen LogP contribution in [0, 0.1) is 0 Å². The summed E-state index contributed by atoms with van der Waals surface area (Å²) in [5, 5.41) is 0. The minimum Gasteiger partial charge on any atom is -0.493 e. The van der Waals surface area contributed by atoms with Gasteiger partial charge in [0.05, 0.1) is 20.8 Å². The van der Waals surface area contributed by atoms with Gasteiger partial charge in [0.25, 0.3) is 5.91 Å². The molecule has 0 bridgehead atoms. The molecule has 0 N–H and O–H groups in total. The zero-order valence-corrected chi connectivity index (χ0v) is 22.1. The van der Waals surface area contributed by atoms with Crippen molar-refractivity contribution in [3.8, 4) is 11.5 Å². The first-order valence-electron chi connectivity index (χ1n) is 11.3. The van der Waals surface area contributed by atoms with Crippen molar-refractivity contribution in [1.29, 1.82) is 0 Å². The van der Waals surface area contributed by atoms with E-state index >= 15 is 0 Å². The smallest absolute Gasteiger partial charge is 0.289 e. The molecule has 0 fully saturated rings. The van der Waals surface area contributed by atoms with Gasteiger partial charge in [-0.05, 0) is 67.8 Å². The molecule has 0 radical (unpaired) electrons. The van der Waals surface area contributed by atoms with E-state index in [4.69, 9.17) is 13.9 Å². The van der Waals surface area contributed by atoms with Crippen LogP contribution in [0.5, 0.6) is 11.5 Å². The van der Waals surface area contributed by atoms with Crippen LogP contribution >= 0.6 is 15.9 Å². The van der Waals surface area contributed by atoms with Gasteiger partial charge >= 0.3 is 0 Å². The van der Waals surface area contributed by atoms with Gasteiger partial charge in [-0.1, -0.05) is 34.1 Å². The molecular formula is C27H33BrN2O4. The summed E-state index contributed by atoms with van der Waals surface area (Å²) >= 11 is 3.48. The molecule has 1 amide bonds. The molecule has 2 aromatic carbocycles. The SMILES string of the molecule is COc1ccc(CCN(C)C(=O)c2ccc(CN(Cc3ccc(Br)cc3)C(C)C)o2)cc1OC. The van der Waals surface area contributed by atoms with Crippen LogP contribution < -0.4 is 9.47 Å². The average Bonchev–Trinajstić information content (AvgIpc) is 3.31. The Morgan fingerprint density at radius 3 is 2.26 bits per heavy atom. The molecule has 7 heteroatoms. The normalized spacial score (nSPS) is 11.2. The second-order valence-corrected chi connectivity index (χ2v) is 9.47. The zero-order chi connectivity index (χ0) is 24.7. The van der Waals surface area contributed by atoms with Crippen LogP contribution in [0.3, 0.4) is 0 Å². The number of methoxy groups -OCH3 is 2. The van der Waals surface area contributed by atoms with Gasteiger partial charge in [0.15, 0.2) is 17.3 Å².